The molecule has 0 N–H and O–H groups in total. The Balaban J connectivity index is 1.76. The minimum absolute atomic E-state index is 0.174. The quantitative estimate of drug-likeness (QED) is 0.567. The summed E-state index contributed by atoms with van der Waals surface area (Å²) in [6.07, 6.45) is 5.83. The molecule has 0 saturated carbocycles. The van der Waals surface area contributed by atoms with Gasteiger partial charge in [0.15, 0.2) is 0 Å². The van der Waals surface area contributed by atoms with E-state index in [4.69, 9.17) is 0 Å². The average Bonchev–Trinajstić information content (AvgIpc) is 2.80. The van der Waals surface area contributed by atoms with Crippen LogP contribution in [0.1, 0.15) is 10.5 Å². The molecule has 0 bridgehead atoms. The summed E-state index contributed by atoms with van der Waals surface area (Å²) in [5.41, 5.74) is 0.232. The van der Waals surface area contributed by atoms with Gasteiger partial charge in [0, 0.05) is 32.0 Å². The van der Waals surface area contributed by atoms with E-state index in [2.05, 4.69) is 16.5 Å². The normalized spacial score (nSPS) is 21.1. The Morgan fingerprint density at radius 3 is 2.86 bits per heavy atom. The summed E-state index contributed by atoms with van der Waals surface area (Å²) < 4.78 is 0. The van der Waals surface area contributed by atoms with Crippen LogP contribution in [0.3, 0.4) is 0 Å². The molecule has 1 atom stereocenters. The summed E-state index contributed by atoms with van der Waals surface area (Å²) in [6, 6.07) is -0.941. The second kappa shape index (κ2) is 5.55. The lowest BCUT2D eigenvalue weighted by molar-refractivity contribution is -0.128. The Morgan fingerprint density at radius 1 is 1.36 bits per heavy atom. The highest BCUT2D eigenvalue weighted by atomic mass is 16.2. The van der Waals surface area contributed by atoms with Gasteiger partial charge in [-0.2, -0.15) is 0 Å². The zero-order chi connectivity index (χ0) is 15.7. The number of amides is 4. The highest BCUT2D eigenvalue weighted by molar-refractivity contribution is 6.05. The van der Waals surface area contributed by atoms with Gasteiger partial charge in [0.1, 0.15) is 11.7 Å². The first-order valence-electron chi connectivity index (χ1n) is 6.91. The summed E-state index contributed by atoms with van der Waals surface area (Å²) in [6.45, 7) is 4.60. The Hall–Kier alpha value is -2.77. The van der Waals surface area contributed by atoms with Crippen molar-refractivity contribution in [3.8, 4) is 0 Å². The molecule has 3 rings (SSSR count). The molecule has 114 valence electrons. The second-order valence-corrected chi connectivity index (χ2v) is 5.07. The fourth-order valence-corrected chi connectivity index (χ4v) is 2.71. The maximum Gasteiger partial charge on any atom is 0.327 e. The fourth-order valence-electron chi connectivity index (χ4n) is 2.71. The topological polar surface area (TPSA) is 86.7 Å². The molecule has 0 aliphatic carbocycles. The van der Waals surface area contributed by atoms with Gasteiger partial charge in [-0.15, -0.1) is 6.58 Å². The largest absolute Gasteiger partial charge is 0.333 e. The van der Waals surface area contributed by atoms with Crippen molar-refractivity contribution in [3.05, 3.63) is 36.9 Å². The van der Waals surface area contributed by atoms with Gasteiger partial charge < -0.3 is 9.80 Å². The van der Waals surface area contributed by atoms with E-state index in [1.807, 2.05) is 0 Å². The Labute approximate surface area is 127 Å². The Kier molecular flexibility index (Phi) is 3.58. The zero-order valence-electron chi connectivity index (χ0n) is 11.9. The van der Waals surface area contributed by atoms with E-state index in [-0.39, 0.29) is 36.6 Å². The van der Waals surface area contributed by atoms with Gasteiger partial charge in [-0.05, 0) is 0 Å². The van der Waals surface area contributed by atoms with Crippen LogP contribution in [0.5, 0.6) is 0 Å². The predicted octanol–water partition coefficient (Wildman–Crippen LogP) is -0.249. The molecule has 3 heterocycles. The van der Waals surface area contributed by atoms with Crippen molar-refractivity contribution in [3.63, 3.8) is 0 Å². The monoisotopic (exact) mass is 301 g/mol. The van der Waals surface area contributed by atoms with Crippen molar-refractivity contribution in [2.45, 2.75) is 6.04 Å². The van der Waals surface area contributed by atoms with Gasteiger partial charge >= 0.3 is 6.03 Å². The fraction of sp³-hybridized carbons (Fsp3) is 0.357. The predicted molar refractivity (Wildman–Crippen MR) is 75.7 cm³/mol. The molecule has 0 unspecified atom stereocenters. The lowest BCUT2D eigenvalue weighted by Crippen LogP contribution is -2.54. The molecule has 22 heavy (non-hydrogen) atoms. The van der Waals surface area contributed by atoms with E-state index in [9.17, 15) is 14.4 Å². The highest BCUT2D eigenvalue weighted by Crippen LogP contribution is 2.22. The molecule has 1 aromatic heterocycles. The summed E-state index contributed by atoms with van der Waals surface area (Å²) in [5, 5.41) is 0. The molecule has 2 aliphatic heterocycles. The molecule has 0 radical (unpaired) electrons. The van der Waals surface area contributed by atoms with Crippen LogP contribution in [-0.2, 0) is 4.79 Å². The van der Waals surface area contributed by atoms with Gasteiger partial charge in [0.05, 0.1) is 12.7 Å². The lowest BCUT2D eigenvalue weighted by atomic mass is 10.1. The Bertz CT molecular complexity index is 633. The van der Waals surface area contributed by atoms with E-state index < -0.39 is 6.04 Å². The molecular weight excluding hydrogens is 286 g/mol. The number of hydrogen-bond donors (Lipinski definition) is 0. The van der Waals surface area contributed by atoms with E-state index in [0.29, 0.717) is 13.1 Å². The number of nitrogens with zero attached hydrogens (tertiary/aromatic N) is 5. The standard InChI is InChI=1S/C14H15N5O3/c1-2-5-19-13(21)11-9-17(6-7-18(11)14(19)22)12(20)10-8-15-3-4-16-10/h2-4,8,11H,1,5-7,9H2/t11-/m0/s1. The van der Waals surface area contributed by atoms with Crippen LogP contribution in [0.25, 0.3) is 0 Å². The lowest BCUT2D eigenvalue weighted by Gasteiger charge is -2.35. The molecule has 2 aliphatic rings. The van der Waals surface area contributed by atoms with Crippen molar-refractivity contribution in [1.29, 1.82) is 0 Å². The van der Waals surface area contributed by atoms with Gasteiger partial charge in [0.25, 0.3) is 11.8 Å². The highest BCUT2D eigenvalue weighted by Gasteiger charge is 2.47. The number of aromatic nitrogens is 2. The molecular formula is C14H15N5O3. The molecule has 1 aromatic rings. The maximum atomic E-state index is 12.4. The first-order valence-corrected chi connectivity index (χ1v) is 6.91. The maximum absolute atomic E-state index is 12.4. The van der Waals surface area contributed by atoms with Crippen molar-refractivity contribution in [2.24, 2.45) is 0 Å². The number of rotatable bonds is 3. The number of piperazine rings is 1. The molecule has 0 aromatic carbocycles. The third-order valence-electron chi connectivity index (χ3n) is 3.79. The third-order valence-corrected chi connectivity index (χ3v) is 3.79. The van der Waals surface area contributed by atoms with Gasteiger partial charge in [-0.1, -0.05) is 6.08 Å². The Morgan fingerprint density at radius 2 is 2.18 bits per heavy atom. The average molecular weight is 301 g/mol. The van der Waals surface area contributed by atoms with E-state index in [1.54, 1.807) is 0 Å². The van der Waals surface area contributed by atoms with Crippen LogP contribution >= 0.6 is 0 Å². The minimum Gasteiger partial charge on any atom is -0.333 e. The summed E-state index contributed by atoms with van der Waals surface area (Å²) >= 11 is 0. The van der Waals surface area contributed by atoms with Crippen molar-refractivity contribution >= 4 is 17.8 Å². The molecule has 4 amide bonds. The third kappa shape index (κ3) is 2.22. The van der Waals surface area contributed by atoms with Crippen molar-refractivity contribution in [2.75, 3.05) is 26.2 Å². The second-order valence-electron chi connectivity index (χ2n) is 5.07. The van der Waals surface area contributed by atoms with Crippen molar-refractivity contribution in [1.82, 2.24) is 24.7 Å². The number of urea groups is 1. The van der Waals surface area contributed by atoms with Crippen LogP contribution < -0.4 is 0 Å². The number of fused-ring (bicyclic) bond motifs is 1. The van der Waals surface area contributed by atoms with E-state index >= 15 is 0 Å². The summed E-state index contributed by atoms with van der Waals surface area (Å²) in [7, 11) is 0. The molecule has 8 nitrogen and oxygen atoms in total. The molecule has 2 saturated heterocycles. The first-order chi connectivity index (χ1) is 10.6. The SMILES string of the molecule is C=CCN1C(=O)[C@@H]2CN(C(=O)c3cnccn3)CCN2C1=O. The van der Waals surface area contributed by atoms with Crippen LogP contribution in [0, 0.1) is 0 Å². The summed E-state index contributed by atoms with van der Waals surface area (Å²) in [4.78, 5) is 48.8. The van der Waals surface area contributed by atoms with Crippen LogP contribution in [0.2, 0.25) is 0 Å². The van der Waals surface area contributed by atoms with Crippen LogP contribution in [-0.4, -0.2) is 74.7 Å². The van der Waals surface area contributed by atoms with E-state index in [1.165, 1.54) is 34.5 Å². The number of carbonyl (C=O) groups excluding carboxylic acids is 3. The van der Waals surface area contributed by atoms with Crippen LogP contribution in [0.4, 0.5) is 4.79 Å². The van der Waals surface area contributed by atoms with Gasteiger partial charge in [-0.3, -0.25) is 19.5 Å². The smallest absolute Gasteiger partial charge is 0.327 e. The van der Waals surface area contributed by atoms with Crippen LogP contribution in [0.15, 0.2) is 31.2 Å². The number of carbonyl (C=O) groups is 3. The van der Waals surface area contributed by atoms with Gasteiger partial charge in [-0.25, -0.2) is 9.78 Å². The van der Waals surface area contributed by atoms with Gasteiger partial charge in [0.2, 0.25) is 0 Å². The molecule has 0 spiro atoms. The zero-order valence-corrected chi connectivity index (χ0v) is 11.9. The summed E-state index contributed by atoms with van der Waals surface area (Å²) in [5.74, 6) is -0.572. The molecule has 8 heteroatoms. The number of imide groups is 1. The molecule has 2 fully saturated rings. The van der Waals surface area contributed by atoms with E-state index in [0.717, 1.165) is 4.90 Å². The number of hydrogen-bond acceptors (Lipinski definition) is 5. The minimum atomic E-state index is -0.623. The first kappa shape index (κ1) is 14.2. The van der Waals surface area contributed by atoms with Crippen molar-refractivity contribution < 1.29 is 14.4 Å².